The van der Waals surface area contributed by atoms with Gasteiger partial charge in [-0.05, 0) is 67.0 Å². The van der Waals surface area contributed by atoms with Crippen LogP contribution in [-0.2, 0) is 4.57 Å². The summed E-state index contributed by atoms with van der Waals surface area (Å²) in [7, 11) is -1.96. The maximum atomic E-state index is 13.4. The Morgan fingerprint density at radius 3 is 2.21 bits per heavy atom. The molecule has 2 N–H and O–H groups in total. The Bertz CT molecular complexity index is 772. The van der Waals surface area contributed by atoms with Crippen LogP contribution in [0.15, 0.2) is 36.4 Å². The van der Waals surface area contributed by atoms with E-state index >= 15 is 0 Å². The van der Waals surface area contributed by atoms with E-state index in [9.17, 15) is 14.8 Å². The summed E-state index contributed by atoms with van der Waals surface area (Å²) in [4.78, 5) is 0. The second-order valence-corrected chi connectivity index (χ2v) is 9.13. The van der Waals surface area contributed by atoms with Gasteiger partial charge in [-0.1, -0.05) is 25.0 Å². The molecule has 0 saturated heterocycles. The zero-order valence-corrected chi connectivity index (χ0v) is 14.7. The highest BCUT2D eigenvalue weighted by atomic mass is 31.1. The van der Waals surface area contributed by atoms with Crippen molar-refractivity contribution in [2.45, 2.75) is 50.1 Å². The summed E-state index contributed by atoms with van der Waals surface area (Å²) in [5.41, 5.74) is 3.12. The Kier molecular flexibility index (Phi) is 4.14. The minimum absolute atomic E-state index is 0.227. The van der Waals surface area contributed by atoms with Crippen molar-refractivity contribution in [1.29, 1.82) is 0 Å². The molecule has 5 rings (SSSR count). The monoisotopic (exact) mass is 342 g/mol. The summed E-state index contributed by atoms with van der Waals surface area (Å²) in [6.07, 6.45) is 6.44. The lowest BCUT2D eigenvalue weighted by atomic mass is 9.83. The number of hydrogen-bond acceptors (Lipinski definition) is 3. The molecule has 0 aromatic heterocycles. The van der Waals surface area contributed by atoms with Crippen molar-refractivity contribution in [3.8, 4) is 22.6 Å². The fourth-order valence-corrected chi connectivity index (χ4v) is 6.87. The predicted octanol–water partition coefficient (Wildman–Crippen LogP) is 4.77. The summed E-state index contributed by atoms with van der Waals surface area (Å²) < 4.78 is 13.4. The SMILES string of the molecule is O=[PH]1c2c(-c3ccc(O)cc3)ccc(O)c2C2CCCC1CCC2. The Balaban J connectivity index is 1.97. The molecule has 2 aliphatic heterocycles. The summed E-state index contributed by atoms with van der Waals surface area (Å²) in [5.74, 6) is 0.843. The van der Waals surface area contributed by atoms with E-state index < -0.39 is 7.80 Å². The lowest BCUT2D eigenvalue weighted by Crippen LogP contribution is -2.24. The third-order valence-electron chi connectivity index (χ3n) is 5.64. The average Bonchev–Trinajstić information content (AvgIpc) is 2.54. The van der Waals surface area contributed by atoms with Crippen LogP contribution in [-0.4, -0.2) is 15.9 Å². The molecule has 3 nitrogen and oxygen atoms in total. The zero-order valence-electron chi connectivity index (χ0n) is 13.7. The van der Waals surface area contributed by atoms with Crippen LogP contribution in [0.1, 0.15) is 50.0 Å². The third-order valence-corrected chi connectivity index (χ3v) is 7.99. The fraction of sp³-hybridized carbons (Fsp3) is 0.400. The molecule has 1 atom stereocenters. The molecular formula is C20H23O3P. The average molecular weight is 342 g/mol. The highest BCUT2D eigenvalue weighted by molar-refractivity contribution is 7.54. The van der Waals surface area contributed by atoms with Gasteiger partial charge < -0.3 is 14.8 Å². The number of benzene rings is 2. The molecule has 2 bridgehead atoms. The third kappa shape index (κ3) is 2.65. The number of fused-ring (bicyclic) bond motifs is 4. The molecule has 3 aliphatic rings. The topological polar surface area (TPSA) is 57.5 Å². The highest BCUT2D eigenvalue weighted by Gasteiger charge is 2.33. The minimum Gasteiger partial charge on any atom is -0.508 e. The van der Waals surface area contributed by atoms with Crippen LogP contribution < -0.4 is 5.30 Å². The molecule has 126 valence electrons. The number of aromatic hydroxyl groups is 2. The van der Waals surface area contributed by atoms with Crippen LogP contribution in [0.2, 0.25) is 0 Å². The second kappa shape index (κ2) is 6.29. The molecule has 1 unspecified atom stereocenters. The molecular weight excluding hydrogens is 319 g/mol. The van der Waals surface area contributed by atoms with Gasteiger partial charge in [0.1, 0.15) is 19.3 Å². The molecule has 2 aromatic rings. The van der Waals surface area contributed by atoms with Gasteiger partial charge in [-0.2, -0.15) is 0 Å². The number of phenols is 2. The van der Waals surface area contributed by atoms with Crippen molar-refractivity contribution in [2.75, 3.05) is 0 Å². The van der Waals surface area contributed by atoms with E-state index in [1.54, 1.807) is 18.2 Å². The van der Waals surface area contributed by atoms with Crippen LogP contribution >= 0.6 is 7.80 Å². The first-order chi connectivity index (χ1) is 11.6. The molecule has 2 heterocycles. The first-order valence-corrected chi connectivity index (χ1v) is 10.3. The Morgan fingerprint density at radius 1 is 0.875 bits per heavy atom. The Hall–Kier alpha value is -1.73. The fourth-order valence-electron chi connectivity index (χ4n) is 4.43. The molecule has 0 spiro atoms. The van der Waals surface area contributed by atoms with Crippen molar-refractivity contribution in [1.82, 2.24) is 0 Å². The van der Waals surface area contributed by atoms with Crippen LogP contribution in [0, 0.1) is 0 Å². The van der Waals surface area contributed by atoms with E-state index in [0.717, 1.165) is 60.5 Å². The summed E-state index contributed by atoms with van der Waals surface area (Å²) in [6, 6.07) is 10.7. The van der Waals surface area contributed by atoms with Crippen molar-refractivity contribution in [3.05, 3.63) is 42.0 Å². The van der Waals surface area contributed by atoms with Gasteiger partial charge in [0.2, 0.25) is 0 Å². The van der Waals surface area contributed by atoms with Crippen molar-refractivity contribution in [3.63, 3.8) is 0 Å². The molecule has 1 saturated carbocycles. The van der Waals surface area contributed by atoms with E-state index in [0.29, 0.717) is 11.7 Å². The Morgan fingerprint density at radius 2 is 1.54 bits per heavy atom. The van der Waals surface area contributed by atoms with Crippen molar-refractivity contribution in [2.24, 2.45) is 0 Å². The van der Waals surface area contributed by atoms with Gasteiger partial charge in [-0.15, -0.1) is 0 Å². The van der Waals surface area contributed by atoms with Crippen molar-refractivity contribution >= 4 is 13.1 Å². The number of hydrogen-bond donors (Lipinski definition) is 2. The van der Waals surface area contributed by atoms with Crippen LogP contribution in [0.3, 0.4) is 0 Å². The number of phenolic OH excluding ortho intramolecular Hbond substituents is 2. The van der Waals surface area contributed by atoms with Gasteiger partial charge in [-0.25, -0.2) is 0 Å². The largest absolute Gasteiger partial charge is 0.508 e. The summed E-state index contributed by atoms with van der Waals surface area (Å²) in [6.45, 7) is 0. The smallest absolute Gasteiger partial charge is 0.119 e. The molecule has 1 aliphatic carbocycles. The van der Waals surface area contributed by atoms with Gasteiger partial charge >= 0.3 is 0 Å². The maximum Gasteiger partial charge on any atom is 0.119 e. The van der Waals surface area contributed by atoms with Crippen LogP contribution in [0.5, 0.6) is 11.5 Å². The van der Waals surface area contributed by atoms with Gasteiger partial charge in [0.25, 0.3) is 0 Å². The van der Waals surface area contributed by atoms with Crippen LogP contribution in [0.25, 0.3) is 11.1 Å². The predicted molar refractivity (Wildman–Crippen MR) is 98.1 cm³/mol. The van der Waals surface area contributed by atoms with Gasteiger partial charge in [0.05, 0.1) is 0 Å². The second-order valence-electron chi connectivity index (χ2n) is 7.09. The summed E-state index contributed by atoms with van der Waals surface area (Å²) >= 11 is 0. The van der Waals surface area contributed by atoms with Gasteiger partial charge in [-0.3, -0.25) is 0 Å². The molecule has 24 heavy (non-hydrogen) atoms. The Labute approximate surface area is 143 Å². The molecule has 2 aromatic carbocycles. The van der Waals surface area contributed by atoms with E-state index in [2.05, 4.69) is 0 Å². The van der Waals surface area contributed by atoms with Crippen LogP contribution in [0.4, 0.5) is 0 Å². The number of rotatable bonds is 1. The van der Waals surface area contributed by atoms with Gasteiger partial charge in [0, 0.05) is 16.5 Å². The van der Waals surface area contributed by atoms with E-state index in [1.807, 2.05) is 18.2 Å². The standard InChI is InChI=1S/C20H23O3P/c21-15-9-7-13(8-10-15)17-11-12-18(22)19-14-3-1-5-16(6-2-4-14)24(23)20(17)19/h7-12,14,16,21-22,24H,1-6H2. The minimum atomic E-state index is -1.96. The lowest BCUT2D eigenvalue weighted by Gasteiger charge is -2.32. The first kappa shape index (κ1) is 15.8. The maximum absolute atomic E-state index is 13.4. The van der Waals surface area contributed by atoms with Gasteiger partial charge in [0.15, 0.2) is 0 Å². The summed E-state index contributed by atoms with van der Waals surface area (Å²) in [5, 5.41) is 21.0. The molecule has 0 radical (unpaired) electrons. The zero-order chi connectivity index (χ0) is 16.7. The normalized spacial score (nSPS) is 26.2. The molecule has 1 fully saturated rings. The van der Waals surface area contributed by atoms with E-state index in [4.69, 9.17) is 0 Å². The molecule has 4 heteroatoms. The van der Waals surface area contributed by atoms with Crippen molar-refractivity contribution < 1.29 is 14.8 Å². The lowest BCUT2D eigenvalue weighted by molar-refractivity contribution is 0.421. The first-order valence-electron chi connectivity index (χ1n) is 8.84. The van der Waals surface area contributed by atoms with E-state index in [1.165, 1.54) is 0 Å². The quantitative estimate of drug-likeness (QED) is 0.734. The molecule has 0 amide bonds. The highest BCUT2D eigenvalue weighted by Crippen LogP contribution is 2.49. The van der Waals surface area contributed by atoms with E-state index in [-0.39, 0.29) is 11.4 Å².